The van der Waals surface area contributed by atoms with Crippen LogP contribution in [0.2, 0.25) is 5.02 Å². The van der Waals surface area contributed by atoms with Gasteiger partial charge in [0.25, 0.3) is 5.91 Å². The highest BCUT2D eigenvalue weighted by Gasteiger charge is 2.20. The summed E-state index contributed by atoms with van der Waals surface area (Å²) in [6.07, 6.45) is -0.162. The first-order valence-electron chi connectivity index (χ1n) is 8.86. The Labute approximate surface area is 164 Å². The lowest BCUT2D eigenvalue weighted by Crippen LogP contribution is -2.32. The number of aryl methyl sites for hydroxylation is 2. The summed E-state index contributed by atoms with van der Waals surface area (Å²) >= 11 is 6.05. The monoisotopic (exact) mass is 389 g/mol. The number of amides is 1. The number of esters is 1. The van der Waals surface area contributed by atoms with Gasteiger partial charge in [-0.2, -0.15) is 0 Å². The van der Waals surface area contributed by atoms with Crippen LogP contribution in [0.25, 0.3) is 0 Å². The van der Waals surface area contributed by atoms with Gasteiger partial charge >= 0.3 is 5.97 Å². The Morgan fingerprint density at radius 3 is 2.33 bits per heavy atom. The largest absolute Gasteiger partial charge is 0.481 e. The van der Waals surface area contributed by atoms with Gasteiger partial charge < -0.3 is 14.8 Å². The molecule has 6 heteroatoms. The van der Waals surface area contributed by atoms with Crippen LogP contribution in [0.5, 0.6) is 5.75 Å². The topological polar surface area (TPSA) is 64.6 Å². The van der Waals surface area contributed by atoms with Crippen LogP contribution >= 0.6 is 11.6 Å². The maximum atomic E-state index is 12.6. The van der Waals surface area contributed by atoms with Gasteiger partial charge in [0.05, 0.1) is 17.2 Å². The first-order valence-corrected chi connectivity index (χ1v) is 9.24. The van der Waals surface area contributed by atoms with Crippen molar-refractivity contribution >= 4 is 29.2 Å². The minimum absolute atomic E-state index is 0.208. The van der Waals surface area contributed by atoms with Crippen LogP contribution in [-0.4, -0.2) is 24.6 Å². The van der Waals surface area contributed by atoms with Gasteiger partial charge in [0.1, 0.15) is 5.75 Å². The molecule has 1 amide bonds. The predicted octanol–water partition coefficient (Wildman–Crippen LogP) is 4.93. The lowest BCUT2D eigenvalue weighted by atomic mass is 10.1. The number of ether oxygens (including phenoxy) is 2. The second kappa shape index (κ2) is 9.42. The van der Waals surface area contributed by atoms with E-state index in [0.29, 0.717) is 17.9 Å². The summed E-state index contributed by atoms with van der Waals surface area (Å²) in [4.78, 5) is 24.6. The zero-order valence-corrected chi connectivity index (χ0v) is 16.7. The molecule has 2 aromatic carbocycles. The molecule has 0 spiro atoms. The quantitative estimate of drug-likeness (QED) is 0.682. The van der Waals surface area contributed by atoms with Crippen LogP contribution in [0.1, 0.15) is 41.8 Å². The van der Waals surface area contributed by atoms with Gasteiger partial charge in [-0.3, -0.25) is 4.79 Å². The molecule has 1 atom stereocenters. The van der Waals surface area contributed by atoms with E-state index in [-0.39, 0.29) is 23.1 Å². The van der Waals surface area contributed by atoms with E-state index in [0.717, 1.165) is 11.1 Å². The first-order chi connectivity index (χ1) is 12.8. The fourth-order valence-electron chi connectivity index (χ4n) is 2.68. The van der Waals surface area contributed by atoms with E-state index in [1.54, 1.807) is 19.1 Å². The van der Waals surface area contributed by atoms with Gasteiger partial charge in [0, 0.05) is 5.69 Å². The Balaban J connectivity index is 2.14. The second-order valence-corrected chi connectivity index (χ2v) is 6.65. The van der Waals surface area contributed by atoms with Gasteiger partial charge in [-0.25, -0.2) is 4.79 Å². The summed E-state index contributed by atoms with van der Waals surface area (Å²) in [5.74, 6) is -0.177. The second-order valence-electron chi connectivity index (χ2n) is 6.24. The van der Waals surface area contributed by atoms with Crippen molar-refractivity contribution in [3.8, 4) is 5.75 Å². The van der Waals surface area contributed by atoms with Crippen molar-refractivity contribution in [2.75, 3.05) is 11.9 Å². The number of nitrogens with one attached hydrogen (secondary N) is 1. The molecule has 0 radical (unpaired) electrons. The molecule has 0 saturated carbocycles. The Bertz CT molecular complexity index is 815. The minimum atomic E-state index is -0.659. The van der Waals surface area contributed by atoms with Crippen LogP contribution < -0.4 is 10.1 Å². The fraction of sp³-hybridized carbons (Fsp3) is 0.333. The molecule has 0 aliphatic carbocycles. The van der Waals surface area contributed by atoms with E-state index in [9.17, 15) is 9.59 Å². The summed E-state index contributed by atoms with van der Waals surface area (Å²) in [5.41, 5.74) is 2.79. The molecule has 5 nitrogen and oxygen atoms in total. The van der Waals surface area contributed by atoms with E-state index in [1.165, 1.54) is 6.07 Å². The number of hydrogen-bond acceptors (Lipinski definition) is 4. The SMILES string of the molecule is CCOC(=O)c1cc(NC(=O)[C@H](CC)Oc2cc(C)cc(C)c2)ccc1Cl. The van der Waals surface area contributed by atoms with E-state index in [4.69, 9.17) is 21.1 Å². The molecule has 27 heavy (non-hydrogen) atoms. The molecule has 2 aromatic rings. The van der Waals surface area contributed by atoms with Crippen LogP contribution in [0.15, 0.2) is 36.4 Å². The predicted molar refractivity (Wildman–Crippen MR) is 107 cm³/mol. The van der Waals surface area contributed by atoms with Gasteiger partial charge in [-0.1, -0.05) is 24.6 Å². The smallest absolute Gasteiger partial charge is 0.339 e. The molecular weight excluding hydrogens is 366 g/mol. The molecule has 0 aromatic heterocycles. The van der Waals surface area contributed by atoms with Crippen molar-refractivity contribution in [2.45, 2.75) is 40.2 Å². The fourth-order valence-corrected chi connectivity index (χ4v) is 2.87. The molecule has 0 heterocycles. The third-order valence-electron chi connectivity index (χ3n) is 3.87. The molecule has 0 saturated heterocycles. The number of carbonyl (C=O) groups is 2. The van der Waals surface area contributed by atoms with Crippen molar-refractivity contribution in [1.29, 1.82) is 0 Å². The van der Waals surface area contributed by atoms with Crippen molar-refractivity contribution in [3.05, 3.63) is 58.1 Å². The summed E-state index contributed by atoms with van der Waals surface area (Å²) in [7, 11) is 0. The lowest BCUT2D eigenvalue weighted by molar-refractivity contribution is -0.122. The normalized spacial score (nSPS) is 11.6. The molecule has 0 aliphatic heterocycles. The molecule has 144 valence electrons. The maximum Gasteiger partial charge on any atom is 0.339 e. The molecule has 0 fully saturated rings. The Kier molecular flexibility index (Phi) is 7.25. The highest BCUT2D eigenvalue weighted by atomic mass is 35.5. The summed E-state index contributed by atoms with van der Waals surface area (Å²) in [6, 6.07) is 10.5. The Morgan fingerprint density at radius 1 is 1.07 bits per heavy atom. The van der Waals surface area contributed by atoms with Crippen LogP contribution in [0.3, 0.4) is 0 Å². The third kappa shape index (κ3) is 5.73. The summed E-state index contributed by atoms with van der Waals surface area (Å²) in [5, 5.41) is 3.05. The molecular formula is C21H24ClNO4. The Morgan fingerprint density at radius 2 is 1.74 bits per heavy atom. The maximum absolute atomic E-state index is 12.6. The van der Waals surface area contributed by atoms with Crippen molar-refractivity contribution < 1.29 is 19.1 Å². The molecule has 1 N–H and O–H groups in total. The lowest BCUT2D eigenvalue weighted by Gasteiger charge is -2.18. The van der Waals surface area contributed by atoms with Gasteiger partial charge in [0.15, 0.2) is 6.10 Å². The molecule has 0 aliphatic rings. The van der Waals surface area contributed by atoms with Crippen molar-refractivity contribution in [1.82, 2.24) is 0 Å². The number of rotatable bonds is 7. The van der Waals surface area contributed by atoms with E-state index in [1.807, 2.05) is 39.0 Å². The average Bonchev–Trinajstić information content (AvgIpc) is 2.60. The van der Waals surface area contributed by atoms with Crippen molar-refractivity contribution in [2.24, 2.45) is 0 Å². The minimum Gasteiger partial charge on any atom is -0.481 e. The van der Waals surface area contributed by atoms with E-state index < -0.39 is 12.1 Å². The molecule has 0 unspecified atom stereocenters. The van der Waals surface area contributed by atoms with Gasteiger partial charge in [0.2, 0.25) is 0 Å². The summed E-state index contributed by atoms with van der Waals surface area (Å²) in [6.45, 7) is 7.79. The number of benzene rings is 2. The number of anilines is 1. The number of hydrogen-bond donors (Lipinski definition) is 1. The highest BCUT2D eigenvalue weighted by molar-refractivity contribution is 6.33. The Hall–Kier alpha value is -2.53. The number of carbonyl (C=O) groups excluding carboxylic acids is 2. The van der Waals surface area contributed by atoms with Gasteiger partial charge in [-0.15, -0.1) is 0 Å². The third-order valence-corrected chi connectivity index (χ3v) is 4.20. The molecule has 0 bridgehead atoms. The van der Waals surface area contributed by atoms with Crippen molar-refractivity contribution in [3.63, 3.8) is 0 Å². The zero-order chi connectivity index (χ0) is 20.0. The van der Waals surface area contributed by atoms with E-state index >= 15 is 0 Å². The highest BCUT2D eigenvalue weighted by Crippen LogP contribution is 2.23. The van der Waals surface area contributed by atoms with Crippen LogP contribution in [-0.2, 0) is 9.53 Å². The zero-order valence-electron chi connectivity index (χ0n) is 16.0. The van der Waals surface area contributed by atoms with Crippen LogP contribution in [0.4, 0.5) is 5.69 Å². The summed E-state index contributed by atoms with van der Waals surface area (Å²) < 4.78 is 10.8. The van der Waals surface area contributed by atoms with Gasteiger partial charge in [-0.05, 0) is 68.7 Å². The first kappa shape index (κ1) is 20.8. The van der Waals surface area contributed by atoms with Crippen LogP contribution in [0, 0.1) is 13.8 Å². The molecule has 2 rings (SSSR count). The number of halogens is 1. The average molecular weight is 390 g/mol. The van der Waals surface area contributed by atoms with E-state index in [2.05, 4.69) is 5.32 Å². The standard InChI is InChI=1S/C21H24ClNO4/c1-5-19(27-16-10-13(3)9-14(4)11-16)20(24)23-15-7-8-18(22)17(12-15)21(25)26-6-2/h7-12,19H,5-6H2,1-4H3,(H,23,24)/t19-/m0/s1.